The number of halogens is 1. The van der Waals surface area contributed by atoms with E-state index in [1.807, 2.05) is 0 Å². The van der Waals surface area contributed by atoms with Crippen molar-refractivity contribution in [2.75, 3.05) is 10.6 Å². The predicted octanol–water partition coefficient (Wildman–Crippen LogP) is 4.04. The molecule has 26 heavy (non-hydrogen) atoms. The number of furan rings is 1. The standard InChI is InChI=1S/C18H15ClN4O3/c19-11-5-6-12(14(8-11)21-18(25)16-2-1-7-26-16)20-17(24)15-9-13(22-23-15)10-3-4-10/h1-2,5-10H,3-4H2,(H,20,24)(H,21,25)(H,22,23). The molecule has 0 spiro atoms. The first-order valence-electron chi connectivity index (χ1n) is 8.11. The number of rotatable bonds is 5. The van der Waals surface area contributed by atoms with E-state index in [2.05, 4.69) is 20.8 Å². The average molecular weight is 371 g/mol. The van der Waals surface area contributed by atoms with Gasteiger partial charge in [0, 0.05) is 16.6 Å². The summed E-state index contributed by atoms with van der Waals surface area (Å²) in [6.07, 6.45) is 3.64. The number of hydrogen-bond acceptors (Lipinski definition) is 4. The fourth-order valence-corrected chi connectivity index (χ4v) is 2.74. The van der Waals surface area contributed by atoms with Crippen LogP contribution in [0.5, 0.6) is 0 Å². The van der Waals surface area contributed by atoms with Gasteiger partial charge in [0.15, 0.2) is 11.5 Å². The minimum absolute atomic E-state index is 0.156. The van der Waals surface area contributed by atoms with Gasteiger partial charge in [-0.05, 0) is 49.2 Å². The monoisotopic (exact) mass is 370 g/mol. The molecule has 1 aliphatic carbocycles. The number of hydrogen-bond donors (Lipinski definition) is 3. The summed E-state index contributed by atoms with van der Waals surface area (Å²) in [7, 11) is 0. The molecular weight excluding hydrogens is 356 g/mol. The summed E-state index contributed by atoms with van der Waals surface area (Å²) in [6, 6.07) is 9.71. The minimum atomic E-state index is -0.441. The van der Waals surface area contributed by atoms with Crippen LogP contribution in [-0.4, -0.2) is 22.0 Å². The Bertz CT molecular complexity index is 961. The molecule has 1 fully saturated rings. The van der Waals surface area contributed by atoms with Crippen LogP contribution < -0.4 is 10.6 Å². The molecule has 3 N–H and O–H groups in total. The lowest BCUT2D eigenvalue weighted by Crippen LogP contribution is -2.16. The molecule has 1 aromatic carbocycles. The lowest BCUT2D eigenvalue weighted by Gasteiger charge is -2.11. The molecule has 0 bridgehead atoms. The van der Waals surface area contributed by atoms with Crippen LogP contribution in [0.1, 0.15) is 45.5 Å². The van der Waals surface area contributed by atoms with E-state index >= 15 is 0 Å². The van der Waals surface area contributed by atoms with Gasteiger partial charge in [0.1, 0.15) is 0 Å². The van der Waals surface area contributed by atoms with E-state index in [1.165, 1.54) is 6.26 Å². The maximum atomic E-state index is 12.5. The van der Waals surface area contributed by atoms with E-state index in [1.54, 1.807) is 36.4 Å². The normalized spacial score (nSPS) is 13.4. The second-order valence-corrected chi connectivity index (χ2v) is 6.49. The average Bonchev–Trinajstić information content (AvgIpc) is 3.13. The molecule has 0 radical (unpaired) electrons. The van der Waals surface area contributed by atoms with Gasteiger partial charge < -0.3 is 15.1 Å². The molecule has 2 aromatic heterocycles. The number of aromatic amines is 1. The maximum Gasteiger partial charge on any atom is 0.291 e. The zero-order valence-electron chi connectivity index (χ0n) is 13.6. The summed E-state index contributed by atoms with van der Waals surface area (Å²) in [4.78, 5) is 24.7. The molecule has 0 saturated heterocycles. The molecule has 2 amide bonds. The summed E-state index contributed by atoms with van der Waals surface area (Å²) < 4.78 is 5.07. The van der Waals surface area contributed by atoms with Gasteiger partial charge in [0.25, 0.3) is 11.8 Å². The Morgan fingerprint density at radius 3 is 2.65 bits per heavy atom. The zero-order valence-corrected chi connectivity index (χ0v) is 14.3. The molecule has 4 rings (SSSR count). The second kappa shape index (κ2) is 6.68. The number of amides is 2. The zero-order chi connectivity index (χ0) is 18.1. The Morgan fingerprint density at radius 1 is 1.12 bits per heavy atom. The lowest BCUT2D eigenvalue weighted by molar-refractivity contribution is 0.0992. The number of H-pyrrole nitrogens is 1. The van der Waals surface area contributed by atoms with Crippen molar-refractivity contribution < 1.29 is 14.0 Å². The smallest absolute Gasteiger partial charge is 0.291 e. The van der Waals surface area contributed by atoms with Gasteiger partial charge in [-0.1, -0.05) is 11.6 Å². The molecule has 3 aromatic rings. The predicted molar refractivity (Wildman–Crippen MR) is 96.6 cm³/mol. The van der Waals surface area contributed by atoms with Gasteiger partial charge >= 0.3 is 0 Å². The third-order valence-corrected chi connectivity index (χ3v) is 4.31. The summed E-state index contributed by atoms with van der Waals surface area (Å²) in [5, 5.41) is 12.8. The molecule has 8 heteroatoms. The quantitative estimate of drug-likeness (QED) is 0.631. The highest BCUT2D eigenvalue weighted by Crippen LogP contribution is 2.39. The molecule has 0 unspecified atom stereocenters. The van der Waals surface area contributed by atoms with Crippen LogP contribution in [-0.2, 0) is 0 Å². The first kappa shape index (κ1) is 16.4. The fraction of sp³-hybridized carbons (Fsp3) is 0.167. The van der Waals surface area contributed by atoms with E-state index in [0.717, 1.165) is 18.5 Å². The van der Waals surface area contributed by atoms with Crippen molar-refractivity contribution in [1.82, 2.24) is 10.2 Å². The van der Waals surface area contributed by atoms with E-state index < -0.39 is 5.91 Å². The third-order valence-electron chi connectivity index (χ3n) is 4.07. The Kier molecular flexibility index (Phi) is 4.22. The number of nitrogens with one attached hydrogen (secondary N) is 3. The molecule has 7 nitrogen and oxygen atoms in total. The number of aromatic nitrogens is 2. The van der Waals surface area contributed by atoms with Gasteiger partial charge in [-0.3, -0.25) is 14.7 Å². The highest BCUT2D eigenvalue weighted by Gasteiger charge is 2.26. The van der Waals surface area contributed by atoms with Gasteiger partial charge in [-0.2, -0.15) is 5.10 Å². The molecule has 1 aliphatic rings. The topological polar surface area (TPSA) is 100 Å². The van der Waals surface area contributed by atoms with Crippen LogP contribution in [0.25, 0.3) is 0 Å². The summed E-state index contributed by atoms with van der Waals surface area (Å²) >= 11 is 6.02. The largest absolute Gasteiger partial charge is 0.459 e. The first-order valence-corrected chi connectivity index (χ1v) is 8.49. The summed E-state index contributed by atoms with van der Waals surface area (Å²) in [6.45, 7) is 0. The van der Waals surface area contributed by atoms with Crippen LogP contribution in [0, 0.1) is 0 Å². The van der Waals surface area contributed by atoms with Crippen molar-refractivity contribution in [3.05, 3.63) is 64.8 Å². The molecule has 2 heterocycles. The van der Waals surface area contributed by atoms with Crippen LogP contribution in [0.2, 0.25) is 5.02 Å². The summed E-state index contributed by atoms with van der Waals surface area (Å²) in [5.41, 5.74) is 2.04. The fourth-order valence-electron chi connectivity index (χ4n) is 2.56. The Hall–Kier alpha value is -3.06. The van der Waals surface area contributed by atoms with E-state index in [0.29, 0.717) is 28.0 Å². The number of anilines is 2. The first-order chi connectivity index (χ1) is 12.6. The highest BCUT2D eigenvalue weighted by atomic mass is 35.5. The minimum Gasteiger partial charge on any atom is -0.459 e. The van der Waals surface area contributed by atoms with Crippen LogP contribution in [0.3, 0.4) is 0 Å². The van der Waals surface area contributed by atoms with Gasteiger partial charge in [0.05, 0.1) is 17.6 Å². The van der Waals surface area contributed by atoms with Crippen molar-refractivity contribution in [2.24, 2.45) is 0 Å². The van der Waals surface area contributed by atoms with Crippen molar-refractivity contribution in [2.45, 2.75) is 18.8 Å². The van der Waals surface area contributed by atoms with Gasteiger partial charge in [0.2, 0.25) is 0 Å². The Labute approximate surface area is 153 Å². The molecule has 1 saturated carbocycles. The van der Waals surface area contributed by atoms with Gasteiger partial charge in [-0.25, -0.2) is 0 Å². The van der Waals surface area contributed by atoms with Crippen molar-refractivity contribution in [1.29, 1.82) is 0 Å². The second-order valence-electron chi connectivity index (χ2n) is 6.06. The Morgan fingerprint density at radius 2 is 1.92 bits per heavy atom. The van der Waals surface area contributed by atoms with E-state index in [9.17, 15) is 9.59 Å². The number of carbonyl (C=O) groups is 2. The number of carbonyl (C=O) groups excluding carboxylic acids is 2. The van der Waals surface area contributed by atoms with E-state index in [4.69, 9.17) is 16.0 Å². The van der Waals surface area contributed by atoms with Crippen molar-refractivity contribution in [3.8, 4) is 0 Å². The van der Waals surface area contributed by atoms with E-state index in [-0.39, 0.29) is 11.7 Å². The SMILES string of the molecule is O=C(Nc1ccc(Cl)cc1NC(=O)c1ccco1)c1cc(C2CC2)[nH]n1. The highest BCUT2D eigenvalue weighted by molar-refractivity contribution is 6.31. The number of nitrogens with zero attached hydrogens (tertiary/aromatic N) is 1. The van der Waals surface area contributed by atoms with Gasteiger partial charge in [-0.15, -0.1) is 0 Å². The molecular formula is C18H15ClN4O3. The van der Waals surface area contributed by atoms with Crippen molar-refractivity contribution >= 4 is 34.8 Å². The van der Waals surface area contributed by atoms with Crippen LogP contribution >= 0.6 is 11.6 Å². The lowest BCUT2D eigenvalue weighted by atomic mass is 10.2. The molecule has 132 valence electrons. The molecule has 0 aliphatic heterocycles. The number of benzene rings is 1. The van der Waals surface area contributed by atoms with Crippen molar-refractivity contribution in [3.63, 3.8) is 0 Å². The van der Waals surface area contributed by atoms with Crippen LogP contribution in [0.15, 0.2) is 47.1 Å². The summed E-state index contributed by atoms with van der Waals surface area (Å²) in [5.74, 6) is -0.182. The van der Waals surface area contributed by atoms with Crippen LogP contribution in [0.4, 0.5) is 11.4 Å². The third kappa shape index (κ3) is 3.48. The maximum absolute atomic E-state index is 12.5. The Balaban J connectivity index is 1.53. The molecule has 0 atom stereocenters.